The molecule has 0 radical (unpaired) electrons. The van der Waals surface area contributed by atoms with Crippen LogP contribution < -0.4 is 5.73 Å². The molecule has 1 aliphatic carbocycles. The molecule has 1 amide bonds. The zero-order valence-electron chi connectivity index (χ0n) is 15.8. The number of aromatic nitrogens is 2. The molecule has 1 saturated carbocycles. The van der Waals surface area contributed by atoms with Gasteiger partial charge in [-0.1, -0.05) is 37.3 Å². The van der Waals surface area contributed by atoms with E-state index in [1.165, 1.54) is 18.4 Å². The highest BCUT2D eigenvalue weighted by atomic mass is 35.5. The number of halogens is 2. The van der Waals surface area contributed by atoms with Gasteiger partial charge < -0.3 is 15.2 Å². The number of nitrogens with two attached hydrogens (primary N) is 1. The Bertz CT molecular complexity index is 688. The number of imidazole rings is 1. The first-order valence-corrected chi connectivity index (χ1v) is 9.24. The van der Waals surface area contributed by atoms with Crippen molar-refractivity contribution >= 4 is 30.7 Å². The summed E-state index contributed by atoms with van der Waals surface area (Å²) in [4.78, 5) is 19.0. The van der Waals surface area contributed by atoms with Crippen molar-refractivity contribution in [1.29, 1.82) is 0 Å². The van der Waals surface area contributed by atoms with Gasteiger partial charge in [0.1, 0.15) is 0 Å². The lowest BCUT2D eigenvalue weighted by Gasteiger charge is -2.25. The number of hydrogen-bond donors (Lipinski definition) is 1. The SMILES string of the molecule is CCCN(CC1CC1)C(=O)[C@@H](N)Cc1cn(Cc2ccccc2)cn1.Cl.Cl. The Morgan fingerprint density at radius 3 is 2.63 bits per heavy atom. The van der Waals surface area contributed by atoms with Gasteiger partial charge in [0.05, 0.1) is 18.1 Å². The Morgan fingerprint density at radius 1 is 1.30 bits per heavy atom. The number of nitrogens with zero attached hydrogens (tertiary/aromatic N) is 3. The topological polar surface area (TPSA) is 64.2 Å². The molecule has 0 bridgehead atoms. The Kier molecular flexibility index (Phi) is 9.84. The first-order chi connectivity index (χ1) is 12.2. The maximum atomic E-state index is 12.7. The van der Waals surface area contributed by atoms with Gasteiger partial charge in [0.15, 0.2) is 0 Å². The summed E-state index contributed by atoms with van der Waals surface area (Å²) in [5.74, 6) is 0.749. The molecule has 1 atom stereocenters. The predicted octanol–water partition coefficient (Wildman–Crippen LogP) is 3.29. The normalized spacial score (nSPS) is 14.0. The Labute approximate surface area is 174 Å². The molecule has 0 aliphatic heterocycles. The van der Waals surface area contributed by atoms with Gasteiger partial charge >= 0.3 is 0 Å². The van der Waals surface area contributed by atoms with E-state index in [2.05, 4.69) is 24.0 Å². The zero-order valence-corrected chi connectivity index (χ0v) is 17.4. The van der Waals surface area contributed by atoms with Crippen molar-refractivity contribution < 1.29 is 4.79 Å². The summed E-state index contributed by atoms with van der Waals surface area (Å²) in [6.45, 7) is 4.54. The number of rotatable bonds is 9. The highest BCUT2D eigenvalue weighted by molar-refractivity contribution is 5.85. The van der Waals surface area contributed by atoms with Gasteiger partial charge in [0.2, 0.25) is 5.91 Å². The quantitative estimate of drug-likeness (QED) is 0.686. The fourth-order valence-corrected chi connectivity index (χ4v) is 3.11. The molecule has 0 unspecified atom stereocenters. The zero-order chi connectivity index (χ0) is 17.6. The standard InChI is InChI=1S/C20H28N4O.2ClH/c1-2-10-24(13-17-8-9-17)20(25)19(21)11-18-14-23(15-22-18)12-16-6-4-3-5-7-16;;/h3-7,14-15,17,19H,2,8-13,21H2,1H3;2*1H/t19-;;/m0../s1. The van der Waals surface area contributed by atoms with Crippen molar-refractivity contribution in [2.75, 3.05) is 13.1 Å². The van der Waals surface area contributed by atoms with Crippen molar-refractivity contribution in [2.45, 2.75) is 45.2 Å². The average molecular weight is 413 g/mol. The maximum absolute atomic E-state index is 12.7. The lowest BCUT2D eigenvalue weighted by atomic mass is 10.1. The second kappa shape index (κ2) is 11.3. The number of benzene rings is 1. The molecule has 0 saturated heterocycles. The van der Waals surface area contributed by atoms with Crippen LogP contribution in [-0.4, -0.2) is 39.5 Å². The molecule has 27 heavy (non-hydrogen) atoms. The summed E-state index contributed by atoms with van der Waals surface area (Å²) in [7, 11) is 0. The summed E-state index contributed by atoms with van der Waals surface area (Å²) in [6, 6.07) is 9.75. The van der Waals surface area contributed by atoms with E-state index in [0.29, 0.717) is 12.3 Å². The minimum absolute atomic E-state index is 0. The van der Waals surface area contributed by atoms with Crippen LogP contribution in [0.15, 0.2) is 42.9 Å². The van der Waals surface area contributed by atoms with Crippen LogP contribution >= 0.6 is 24.8 Å². The molecule has 7 heteroatoms. The third-order valence-corrected chi connectivity index (χ3v) is 4.62. The molecule has 1 fully saturated rings. The van der Waals surface area contributed by atoms with Crippen LogP contribution in [0.3, 0.4) is 0 Å². The van der Waals surface area contributed by atoms with Gasteiger partial charge in [-0.25, -0.2) is 4.98 Å². The van der Waals surface area contributed by atoms with Crippen molar-refractivity contribution in [3.05, 3.63) is 54.1 Å². The van der Waals surface area contributed by atoms with Crippen LogP contribution in [-0.2, 0) is 17.8 Å². The van der Waals surface area contributed by atoms with Crippen molar-refractivity contribution in [2.24, 2.45) is 11.7 Å². The number of hydrogen-bond acceptors (Lipinski definition) is 3. The fraction of sp³-hybridized carbons (Fsp3) is 0.500. The fourth-order valence-electron chi connectivity index (χ4n) is 3.11. The lowest BCUT2D eigenvalue weighted by molar-refractivity contribution is -0.132. The number of carbonyl (C=O) groups excluding carboxylic acids is 1. The van der Waals surface area contributed by atoms with Crippen LogP contribution in [0, 0.1) is 5.92 Å². The maximum Gasteiger partial charge on any atom is 0.239 e. The smallest absolute Gasteiger partial charge is 0.239 e. The predicted molar refractivity (Wildman–Crippen MR) is 114 cm³/mol. The molecular formula is C20H30Cl2N4O. The molecule has 1 aromatic heterocycles. The molecule has 0 spiro atoms. The van der Waals surface area contributed by atoms with Crippen molar-refractivity contribution in [3.63, 3.8) is 0 Å². The Morgan fingerprint density at radius 2 is 2.00 bits per heavy atom. The monoisotopic (exact) mass is 412 g/mol. The van der Waals surface area contributed by atoms with E-state index in [1.54, 1.807) is 0 Å². The molecule has 1 aromatic carbocycles. The van der Waals surface area contributed by atoms with E-state index in [-0.39, 0.29) is 30.7 Å². The molecule has 3 rings (SSSR count). The van der Waals surface area contributed by atoms with Gasteiger partial charge in [-0.2, -0.15) is 0 Å². The molecule has 1 heterocycles. The third kappa shape index (κ3) is 7.17. The lowest BCUT2D eigenvalue weighted by Crippen LogP contribution is -2.46. The molecule has 5 nitrogen and oxygen atoms in total. The van der Waals surface area contributed by atoms with Crippen LogP contribution in [0.5, 0.6) is 0 Å². The van der Waals surface area contributed by atoms with Gasteiger partial charge in [0, 0.05) is 32.3 Å². The van der Waals surface area contributed by atoms with Gasteiger partial charge in [-0.15, -0.1) is 24.8 Å². The van der Waals surface area contributed by atoms with Crippen LogP contribution in [0.2, 0.25) is 0 Å². The van der Waals surface area contributed by atoms with E-state index < -0.39 is 6.04 Å². The van der Waals surface area contributed by atoms with Gasteiger partial charge in [-0.3, -0.25) is 4.79 Å². The minimum Gasteiger partial charge on any atom is -0.341 e. The first-order valence-electron chi connectivity index (χ1n) is 9.24. The summed E-state index contributed by atoms with van der Waals surface area (Å²) < 4.78 is 2.04. The van der Waals surface area contributed by atoms with Crippen molar-refractivity contribution in [3.8, 4) is 0 Å². The first kappa shape index (κ1) is 23.5. The minimum atomic E-state index is -0.509. The van der Waals surface area contributed by atoms with E-state index >= 15 is 0 Å². The largest absolute Gasteiger partial charge is 0.341 e. The van der Waals surface area contributed by atoms with Crippen LogP contribution in [0.1, 0.15) is 37.4 Å². The highest BCUT2D eigenvalue weighted by Gasteiger charge is 2.28. The summed E-state index contributed by atoms with van der Waals surface area (Å²) in [5, 5.41) is 0. The molecule has 2 aromatic rings. The summed E-state index contributed by atoms with van der Waals surface area (Å²) in [5.41, 5.74) is 8.30. The van der Waals surface area contributed by atoms with Crippen molar-refractivity contribution in [1.82, 2.24) is 14.5 Å². The highest BCUT2D eigenvalue weighted by Crippen LogP contribution is 2.30. The van der Waals surface area contributed by atoms with Crippen LogP contribution in [0.4, 0.5) is 0 Å². The Balaban J connectivity index is 0.00000182. The second-order valence-corrected chi connectivity index (χ2v) is 7.06. The average Bonchev–Trinajstić information content (AvgIpc) is 3.33. The molecule has 150 valence electrons. The van der Waals surface area contributed by atoms with E-state index in [1.807, 2.05) is 40.2 Å². The molecule has 1 aliphatic rings. The molecule has 2 N–H and O–H groups in total. The second-order valence-electron chi connectivity index (χ2n) is 7.06. The van der Waals surface area contributed by atoms with E-state index in [4.69, 9.17) is 5.73 Å². The molecular weight excluding hydrogens is 383 g/mol. The third-order valence-electron chi connectivity index (χ3n) is 4.62. The number of amides is 1. The Hall–Kier alpha value is -1.56. The summed E-state index contributed by atoms with van der Waals surface area (Å²) in [6.07, 6.45) is 7.75. The number of carbonyl (C=O) groups is 1. The summed E-state index contributed by atoms with van der Waals surface area (Å²) >= 11 is 0. The van der Waals surface area contributed by atoms with Gasteiger partial charge in [-0.05, 0) is 30.7 Å². The van der Waals surface area contributed by atoms with Crippen LogP contribution in [0.25, 0.3) is 0 Å². The van der Waals surface area contributed by atoms with Gasteiger partial charge in [0.25, 0.3) is 0 Å². The van der Waals surface area contributed by atoms with E-state index in [0.717, 1.165) is 31.7 Å². The van der Waals surface area contributed by atoms with E-state index in [9.17, 15) is 4.79 Å².